The molecular formula is C22H25FN2O2. The molecule has 0 saturated heterocycles. The van der Waals surface area contributed by atoms with Gasteiger partial charge in [-0.25, -0.2) is 9.37 Å². The summed E-state index contributed by atoms with van der Waals surface area (Å²) >= 11 is 0. The maximum atomic E-state index is 13.6. The van der Waals surface area contributed by atoms with E-state index in [0.717, 1.165) is 43.2 Å². The zero-order chi connectivity index (χ0) is 18.7. The van der Waals surface area contributed by atoms with Crippen molar-refractivity contribution < 1.29 is 13.9 Å². The minimum atomic E-state index is -0.596. The number of pyridine rings is 1. The smallest absolute Gasteiger partial charge is 0.230 e. The molecule has 27 heavy (non-hydrogen) atoms. The number of nitrogens with zero attached hydrogens (tertiary/aromatic N) is 1. The van der Waals surface area contributed by atoms with E-state index in [-0.39, 0.29) is 17.8 Å². The van der Waals surface area contributed by atoms with Crippen LogP contribution in [-0.2, 0) is 16.8 Å². The van der Waals surface area contributed by atoms with Gasteiger partial charge in [-0.15, -0.1) is 0 Å². The summed E-state index contributed by atoms with van der Waals surface area (Å²) in [6.07, 6.45) is 9.18. The van der Waals surface area contributed by atoms with Crippen LogP contribution in [0.1, 0.15) is 56.1 Å². The average molecular weight is 368 g/mol. The van der Waals surface area contributed by atoms with E-state index in [1.54, 1.807) is 12.3 Å². The van der Waals surface area contributed by atoms with Gasteiger partial charge in [0.05, 0.1) is 5.41 Å². The van der Waals surface area contributed by atoms with Crippen molar-refractivity contribution in [3.05, 3.63) is 59.5 Å². The third kappa shape index (κ3) is 3.82. The first-order valence-corrected chi connectivity index (χ1v) is 9.82. The maximum absolute atomic E-state index is 13.6. The summed E-state index contributed by atoms with van der Waals surface area (Å²) < 4.78 is 19.5. The molecule has 2 saturated carbocycles. The lowest BCUT2D eigenvalue weighted by Crippen LogP contribution is -2.49. The van der Waals surface area contributed by atoms with Crippen LogP contribution in [0.3, 0.4) is 0 Å². The number of halogens is 1. The van der Waals surface area contributed by atoms with Gasteiger partial charge in [-0.05, 0) is 61.8 Å². The molecule has 1 aromatic heterocycles. The molecule has 0 radical (unpaired) electrons. The third-order valence-corrected chi connectivity index (χ3v) is 5.86. The lowest BCUT2D eigenvalue weighted by atomic mass is 9.64. The van der Waals surface area contributed by atoms with Crippen LogP contribution >= 0.6 is 0 Å². The number of benzene rings is 1. The van der Waals surface area contributed by atoms with Crippen LogP contribution in [0.15, 0.2) is 42.6 Å². The molecule has 1 N–H and O–H groups in total. The van der Waals surface area contributed by atoms with Crippen molar-refractivity contribution in [2.75, 3.05) is 0 Å². The van der Waals surface area contributed by atoms with Crippen LogP contribution in [0.4, 0.5) is 4.39 Å². The Kier molecular flexibility index (Phi) is 5.10. The number of carbonyl (C=O) groups excluding carboxylic acids is 1. The average Bonchev–Trinajstić information content (AvgIpc) is 3.13. The molecule has 0 atom stereocenters. The predicted octanol–water partition coefficient (Wildman–Crippen LogP) is 4.28. The summed E-state index contributed by atoms with van der Waals surface area (Å²) in [4.78, 5) is 17.2. The fourth-order valence-corrected chi connectivity index (χ4v) is 4.08. The van der Waals surface area contributed by atoms with Gasteiger partial charge in [0.2, 0.25) is 11.8 Å². The number of carbonyl (C=O) groups is 1. The lowest BCUT2D eigenvalue weighted by molar-refractivity contribution is -0.130. The minimum Gasteiger partial charge on any atom is -0.474 e. The molecule has 142 valence electrons. The summed E-state index contributed by atoms with van der Waals surface area (Å²) in [6.45, 7) is 0.409. The Morgan fingerprint density at radius 2 is 2.00 bits per heavy atom. The van der Waals surface area contributed by atoms with Gasteiger partial charge in [0.15, 0.2) is 0 Å². The number of nitrogens with one attached hydrogen (secondary N) is 1. The lowest BCUT2D eigenvalue weighted by Gasteiger charge is -2.40. The summed E-state index contributed by atoms with van der Waals surface area (Å²) in [6, 6.07) is 10.2. The minimum absolute atomic E-state index is 0.0365. The highest BCUT2D eigenvalue weighted by molar-refractivity contribution is 5.89. The molecule has 2 aromatic rings. The SMILES string of the molecule is O=C(NCc1ccc(OC2CCCC2)nc1)C1(c2cccc(F)c2)CCC1. The Bertz CT molecular complexity index is 796. The van der Waals surface area contributed by atoms with E-state index < -0.39 is 5.41 Å². The highest BCUT2D eigenvalue weighted by Crippen LogP contribution is 2.44. The van der Waals surface area contributed by atoms with Crippen LogP contribution in [0, 0.1) is 5.82 Å². The molecule has 1 aromatic carbocycles. The second kappa shape index (κ2) is 7.67. The van der Waals surface area contributed by atoms with E-state index in [1.165, 1.54) is 25.0 Å². The zero-order valence-electron chi connectivity index (χ0n) is 15.4. The van der Waals surface area contributed by atoms with Gasteiger partial charge in [0.1, 0.15) is 11.9 Å². The summed E-state index contributed by atoms with van der Waals surface area (Å²) in [5.74, 6) is 0.312. The molecule has 0 aliphatic heterocycles. The van der Waals surface area contributed by atoms with Gasteiger partial charge in [0.25, 0.3) is 0 Å². The Morgan fingerprint density at radius 3 is 2.63 bits per heavy atom. The number of hydrogen-bond acceptors (Lipinski definition) is 3. The summed E-state index contributed by atoms with van der Waals surface area (Å²) in [5.41, 5.74) is 1.10. The van der Waals surface area contributed by atoms with Gasteiger partial charge in [0, 0.05) is 18.8 Å². The van der Waals surface area contributed by atoms with Gasteiger partial charge >= 0.3 is 0 Å². The number of ether oxygens (including phenoxy) is 1. The van der Waals surface area contributed by atoms with Gasteiger partial charge < -0.3 is 10.1 Å². The number of rotatable bonds is 6. The first-order valence-electron chi connectivity index (χ1n) is 9.82. The second-order valence-corrected chi connectivity index (χ2v) is 7.66. The van der Waals surface area contributed by atoms with Crippen molar-refractivity contribution in [1.82, 2.24) is 10.3 Å². The third-order valence-electron chi connectivity index (χ3n) is 5.86. The van der Waals surface area contributed by atoms with Gasteiger partial charge in [-0.1, -0.05) is 24.6 Å². The van der Waals surface area contributed by atoms with Crippen LogP contribution < -0.4 is 10.1 Å². The standard InChI is InChI=1S/C22H25FN2O2/c23-18-6-3-5-17(13-18)22(11-4-12-22)21(26)25-15-16-9-10-20(24-14-16)27-19-7-1-2-8-19/h3,5-6,9-10,13-14,19H,1-2,4,7-8,11-12,15H2,(H,25,26). The number of hydrogen-bond donors (Lipinski definition) is 1. The molecule has 5 heteroatoms. The van der Waals surface area contributed by atoms with Crippen molar-refractivity contribution in [2.45, 2.75) is 63.0 Å². The van der Waals surface area contributed by atoms with Crippen LogP contribution in [0.5, 0.6) is 5.88 Å². The molecule has 1 amide bonds. The number of amides is 1. The molecule has 0 spiro atoms. The highest BCUT2D eigenvalue weighted by Gasteiger charge is 2.45. The Hall–Kier alpha value is -2.43. The van der Waals surface area contributed by atoms with Gasteiger partial charge in [-0.3, -0.25) is 4.79 Å². The second-order valence-electron chi connectivity index (χ2n) is 7.66. The molecule has 2 aliphatic rings. The fourth-order valence-electron chi connectivity index (χ4n) is 4.08. The Morgan fingerprint density at radius 1 is 1.19 bits per heavy atom. The number of aromatic nitrogens is 1. The quantitative estimate of drug-likeness (QED) is 0.828. The molecular weight excluding hydrogens is 343 g/mol. The van der Waals surface area contributed by atoms with E-state index in [4.69, 9.17) is 4.74 Å². The Labute approximate surface area is 159 Å². The van der Waals surface area contributed by atoms with Crippen molar-refractivity contribution in [1.29, 1.82) is 0 Å². The predicted molar refractivity (Wildman–Crippen MR) is 101 cm³/mol. The molecule has 4 nitrogen and oxygen atoms in total. The molecule has 2 fully saturated rings. The van der Waals surface area contributed by atoms with Crippen molar-refractivity contribution in [3.8, 4) is 5.88 Å². The highest BCUT2D eigenvalue weighted by atomic mass is 19.1. The van der Waals surface area contributed by atoms with E-state index in [1.807, 2.05) is 18.2 Å². The Balaban J connectivity index is 1.37. The molecule has 0 bridgehead atoms. The van der Waals surface area contributed by atoms with Crippen molar-refractivity contribution in [2.24, 2.45) is 0 Å². The largest absolute Gasteiger partial charge is 0.474 e. The van der Waals surface area contributed by atoms with Gasteiger partial charge in [-0.2, -0.15) is 0 Å². The normalized spacial score (nSPS) is 18.7. The molecule has 1 heterocycles. The maximum Gasteiger partial charge on any atom is 0.230 e. The first-order chi connectivity index (χ1) is 13.2. The summed E-state index contributed by atoms with van der Waals surface area (Å²) in [5, 5.41) is 3.01. The van der Waals surface area contributed by atoms with E-state index in [9.17, 15) is 9.18 Å². The first kappa shape index (κ1) is 18.0. The van der Waals surface area contributed by atoms with E-state index >= 15 is 0 Å². The van der Waals surface area contributed by atoms with Crippen LogP contribution in [0.25, 0.3) is 0 Å². The van der Waals surface area contributed by atoms with Crippen molar-refractivity contribution in [3.63, 3.8) is 0 Å². The van der Waals surface area contributed by atoms with E-state index in [2.05, 4.69) is 10.3 Å². The monoisotopic (exact) mass is 368 g/mol. The zero-order valence-corrected chi connectivity index (χ0v) is 15.4. The van der Waals surface area contributed by atoms with Crippen molar-refractivity contribution >= 4 is 5.91 Å². The topological polar surface area (TPSA) is 51.2 Å². The van der Waals surface area contributed by atoms with Crippen LogP contribution in [0.2, 0.25) is 0 Å². The fraction of sp³-hybridized carbons (Fsp3) is 0.455. The van der Waals surface area contributed by atoms with E-state index in [0.29, 0.717) is 12.4 Å². The molecule has 2 aliphatic carbocycles. The van der Waals surface area contributed by atoms with Crippen LogP contribution in [-0.4, -0.2) is 17.0 Å². The molecule has 4 rings (SSSR count). The molecule has 0 unspecified atom stereocenters. The summed E-state index contributed by atoms with van der Waals surface area (Å²) in [7, 11) is 0.